The van der Waals surface area contributed by atoms with E-state index in [1.165, 1.54) is 13.0 Å². The fraction of sp³-hybridized carbons (Fsp3) is 0.700. The molecule has 0 aliphatic heterocycles. The van der Waals surface area contributed by atoms with Crippen molar-refractivity contribution < 1.29 is 14.5 Å². The summed E-state index contributed by atoms with van der Waals surface area (Å²) in [4.78, 5) is 21.8. The molecule has 86 valence electrons. The molecule has 0 fully saturated rings. The quantitative estimate of drug-likeness (QED) is 0.311. The number of nitrogens with zero attached hydrogens (tertiary/aromatic N) is 1. The van der Waals surface area contributed by atoms with Gasteiger partial charge in [0.2, 0.25) is 0 Å². The van der Waals surface area contributed by atoms with Gasteiger partial charge in [0.05, 0.1) is 0 Å². The minimum Gasteiger partial charge on any atom is -0.455 e. The number of carbonyl (C=O) groups is 1. The molecule has 0 unspecified atom stereocenters. The standard InChI is InChI=1S/C10H17NO4/c1-6-7-10(5,11(13)14)8(12)15-9(2,3)4/h6H,1,7H2,2-5H3/t10-/m1/s1. The summed E-state index contributed by atoms with van der Waals surface area (Å²) in [6, 6.07) is 0. The van der Waals surface area contributed by atoms with Crippen LogP contribution in [0, 0.1) is 10.1 Å². The van der Waals surface area contributed by atoms with E-state index in [-0.39, 0.29) is 6.42 Å². The highest BCUT2D eigenvalue weighted by Crippen LogP contribution is 2.20. The number of carbonyl (C=O) groups excluding carboxylic acids is 1. The van der Waals surface area contributed by atoms with Crippen molar-refractivity contribution in [3.63, 3.8) is 0 Å². The summed E-state index contributed by atoms with van der Waals surface area (Å²) in [5, 5.41) is 10.8. The summed E-state index contributed by atoms with van der Waals surface area (Å²) in [6.45, 7) is 9.63. The Kier molecular flexibility index (Phi) is 4.01. The third kappa shape index (κ3) is 3.69. The minimum atomic E-state index is -1.74. The topological polar surface area (TPSA) is 69.4 Å². The van der Waals surface area contributed by atoms with Gasteiger partial charge >= 0.3 is 11.5 Å². The maximum Gasteiger partial charge on any atom is 0.385 e. The fourth-order valence-corrected chi connectivity index (χ4v) is 0.901. The van der Waals surface area contributed by atoms with E-state index < -0.39 is 22.0 Å². The van der Waals surface area contributed by atoms with Gasteiger partial charge < -0.3 is 4.74 Å². The van der Waals surface area contributed by atoms with E-state index in [2.05, 4.69) is 6.58 Å². The number of esters is 1. The van der Waals surface area contributed by atoms with Crippen LogP contribution < -0.4 is 0 Å². The Morgan fingerprint density at radius 2 is 1.93 bits per heavy atom. The molecule has 0 radical (unpaired) electrons. The second-order valence-corrected chi connectivity index (χ2v) is 4.53. The Balaban J connectivity index is 4.87. The third-order valence-corrected chi connectivity index (χ3v) is 1.78. The lowest BCUT2D eigenvalue weighted by Gasteiger charge is -2.24. The van der Waals surface area contributed by atoms with Crippen molar-refractivity contribution in [1.82, 2.24) is 0 Å². The van der Waals surface area contributed by atoms with Crippen molar-refractivity contribution in [2.75, 3.05) is 0 Å². The average molecular weight is 215 g/mol. The average Bonchev–Trinajstić information content (AvgIpc) is 2.00. The fourth-order valence-electron chi connectivity index (χ4n) is 0.901. The zero-order valence-corrected chi connectivity index (χ0v) is 9.57. The first-order valence-corrected chi connectivity index (χ1v) is 4.62. The van der Waals surface area contributed by atoms with Crippen LogP contribution in [-0.4, -0.2) is 22.0 Å². The normalized spacial score (nSPS) is 15.2. The lowest BCUT2D eigenvalue weighted by atomic mass is 9.99. The Bertz CT molecular complexity index is 280. The van der Waals surface area contributed by atoms with Crippen LogP contribution in [0.25, 0.3) is 0 Å². The molecule has 0 aliphatic rings. The summed E-state index contributed by atoms with van der Waals surface area (Å²) < 4.78 is 4.99. The van der Waals surface area contributed by atoms with Crippen molar-refractivity contribution >= 4 is 5.97 Å². The smallest absolute Gasteiger partial charge is 0.385 e. The third-order valence-electron chi connectivity index (χ3n) is 1.78. The summed E-state index contributed by atoms with van der Waals surface area (Å²) in [7, 11) is 0. The van der Waals surface area contributed by atoms with E-state index in [0.717, 1.165) is 0 Å². The molecule has 5 heteroatoms. The van der Waals surface area contributed by atoms with Crippen molar-refractivity contribution in [3.8, 4) is 0 Å². The van der Waals surface area contributed by atoms with E-state index in [0.29, 0.717) is 0 Å². The molecule has 0 aromatic carbocycles. The zero-order valence-electron chi connectivity index (χ0n) is 9.57. The first kappa shape index (κ1) is 13.6. The number of hydrogen-bond acceptors (Lipinski definition) is 4. The van der Waals surface area contributed by atoms with Crippen molar-refractivity contribution in [2.45, 2.75) is 45.3 Å². The van der Waals surface area contributed by atoms with Gasteiger partial charge in [0.1, 0.15) is 5.60 Å². The second-order valence-electron chi connectivity index (χ2n) is 4.53. The Hall–Kier alpha value is -1.39. The Labute approximate surface area is 89.3 Å². The summed E-state index contributed by atoms with van der Waals surface area (Å²) >= 11 is 0. The van der Waals surface area contributed by atoms with E-state index in [1.807, 2.05) is 0 Å². The zero-order chi connectivity index (χ0) is 12.3. The molecule has 0 aromatic rings. The highest BCUT2D eigenvalue weighted by atomic mass is 16.6. The molecular weight excluding hydrogens is 198 g/mol. The lowest BCUT2D eigenvalue weighted by Crippen LogP contribution is -2.46. The number of nitro groups is 1. The molecule has 0 amide bonds. The molecule has 1 atom stereocenters. The van der Waals surface area contributed by atoms with Gasteiger partial charge in [0.25, 0.3) is 0 Å². The molecule has 0 saturated heterocycles. The number of ether oxygens (including phenoxy) is 1. The first-order chi connectivity index (χ1) is 6.63. The first-order valence-electron chi connectivity index (χ1n) is 4.62. The molecule has 0 spiro atoms. The molecular formula is C10H17NO4. The van der Waals surface area contributed by atoms with Gasteiger partial charge in [-0.15, -0.1) is 6.58 Å². The maximum absolute atomic E-state index is 11.6. The summed E-state index contributed by atoms with van der Waals surface area (Å²) in [5.74, 6) is -0.833. The van der Waals surface area contributed by atoms with Crippen LogP contribution in [-0.2, 0) is 9.53 Å². The van der Waals surface area contributed by atoms with Crippen LogP contribution in [0.5, 0.6) is 0 Å². The van der Waals surface area contributed by atoms with Crippen molar-refractivity contribution in [1.29, 1.82) is 0 Å². The van der Waals surface area contributed by atoms with Crippen LogP contribution in [0.4, 0.5) is 0 Å². The maximum atomic E-state index is 11.6. The molecule has 0 N–H and O–H groups in total. The largest absolute Gasteiger partial charge is 0.455 e. The van der Waals surface area contributed by atoms with Crippen LogP contribution in [0.2, 0.25) is 0 Å². The highest BCUT2D eigenvalue weighted by Gasteiger charge is 2.47. The van der Waals surface area contributed by atoms with E-state index in [9.17, 15) is 14.9 Å². The minimum absolute atomic E-state index is 0.0467. The van der Waals surface area contributed by atoms with Gasteiger partial charge in [-0.05, 0) is 20.8 Å². The van der Waals surface area contributed by atoms with Crippen LogP contribution in [0.1, 0.15) is 34.1 Å². The van der Waals surface area contributed by atoms with E-state index in [1.54, 1.807) is 20.8 Å². The van der Waals surface area contributed by atoms with Gasteiger partial charge in [-0.1, -0.05) is 6.08 Å². The SMILES string of the molecule is C=CC[C@](C)(C(=O)OC(C)(C)C)[N+](=O)[O-]. The van der Waals surface area contributed by atoms with E-state index >= 15 is 0 Å². The monoisotopic (exact) mass is 215 g/mol. The van der Waals surface area contributed by atoms with Crippen molar-refractivity contribution in [2.24, 2.45) is 0 Å². The van der Waals surface area contributed by atoms with Gasteiger partial charge in [0, 0.05) is 18.3 Å². The van der Waals surface area contributed by atoms with Crippen LogP contribution in [0.15, 0.2) is 12.7 Å². The van der Waals surface area contributed by atoms with Gasteiger partial charge in [0.15, 0.2) is 0 Å². The van der Waals surface area contributed by atoms with Crippen molar-refractivity contribution in [3.05, 3.63) is 22.8 Å². The number of rotatable bonds is 4. The van der Waals surface area contributed by atoms with Crippen LogP contribution >= 0.6 is 0 Å². The molecule has 0 saturated carbocycles. The summed E-state index contributed by atoms with van der Waals surface area (Å²) in [6.07, 6.45) is 1.29. The predicted octanol–water partition coefficient (Wildman–Crippen LogP) is 1.94. The summed E-state index contributed by atoms with van der Waals surface area (Å²) in [5.41, 5.74) is -2.47. The molecule has 0 aliphatic carbocycles. The molecule has 0 heterocycles. The van der Waals surface area contributed by atoms with Gasteiger partial charge in [-0.25, -0.2) is 4.79 Å². The molecule has 5 nitrogen and oxygen atoms in total. The lowest BCUT2D eigenvalue weighted by molar-refractivity contribution is -0.550. The predicted molar refractivity (Wildman–Crippen MR) is 56.1 cm³/mol. The van der Waals surface area contributed by atoms with Gasteiger partial charge in [-0.3, -0.25) is 10.1 Å². The molecule has 15 heavy (non-hydrogen) atoms. The molecule has 0 aromatic heterocycles. The van der Waals surface area contributed by atoms with E-state index in [4.69, 9.17) is 4.74 Å². The highest BCUT2D eigenvalue weighted by molar-refractivity contribution is 5.79. The number of hydrogen-bond donors (Lipinski definition) is 0. The Morgan fingerprint density at radius 3 is 2.20 bits per heavy atom. The molecule has 0 bridgehead atoms. The second kappa shape index (κ2) is 4.42. The van der Waals surface area contributed by atoms with Gasteiger partial charge in [-0.2, -0.15) is 0 Å². The van der Waals surface area contributed by atoms with Crippen LogP contribution in [0.3, 0.4) is 0 Å². The Morgan fingerprint density at radius 1 is 1.47 bits per heavy atom. The molecule has 0 rings (SSSR count).